The van der Waals surface area contributed by atoms with E-state index in [1.807, 2.05) is 19.0 Å². The second-order valence-corrected chi connectivity index (χ2v) is 20.7. The Morgan fingerprint density at radius 1 is 0.942 bits per heavy atom. The molecule has 2 aliphatic rings. The number of ketones is 1. The number of Topliss-reactive ketones (excluding diaryl/α,β-unsaturated/α-hetero) is 1. The molecule has 1 unspecified atom stereocenters. The number of esters is 1. The summed E-state index contributed by atoms with van der Waals surface area (Å²) >= 11 is 0. The molecule has 2 heterocycles. The Balaban J connectivity index is 1.66. The number of nitrogens with zero attached hydrogens (tertiary/aromatic N) is 2. The van der Waals surface area contributed by atoms with Crippen LogP contribution < -0.4 is 15.5 Å². The number of amides is 1. The Bertz CT molecular complexity index is 2940. The van der Waals surface area contributed by atoms with Gasteiger partial charge in [0.25, 0.3) is 5.91 Å². The number of phenols is 1. The molecule has 69 heavy (non-hydrogen) atoms. The summed E-state index contributed by atoms with van der Waals surface area (Å²) in [4.78, 5) is 62.2. The Morgan fingerprint density at radius 3 is 2.25 bits per heavy atom. The third kappa shape index (κ3) is 10.3. The number of hydrogen-bond donors (Lipinski definition) is 5. The second kappa shape index (κ2) is 20.7. The smallest absolute Gasteiger partial charge is 0.302 e. The fraction of sp³-hybridized carbons (Fsp3) is 0.500. The normalized spacial score (nSPS) is 29.2. The summed E-state index contributed by atoms with van der Waals surface area (Å²) < 4.78 is 56.6. The van der Waals surface area contributed by atoms with Crippen LogP contribution in [0.3, 0.4) is 0 Å². The Morgan fingerprint density at radius 2 is 1.62 bits per heavy atom. The highest BCUT2D eigenvalue weighted by Crippen LogP contribution is 2.50. The van der Waals surface area contributed by atoms with E-state index < -0.39 is 116 Å². The summed E-state index contributed by atoms with van der Waals surface area (Å²) in [6.07, 6.45) is 2.38. The molecule has 1 aliphatic heterocycles. The van der Waals surface area contributed by atoms with Crippen molar-refractivity contribution in [3.8, 4) is 11.5 Å². The van der Waals surface area contributed by atoms with E-state index in [2.05, 4.69) is 5.32 Å². The summed E-state index contributed by atoms with van der Waals surface area (Å²) in [7, 11) is 1.01. The van der Waals surface area contributed by atoms with Crippen molar-refractivity contribution in [1.82, 2.24) is 9.88 Å². The van der Waals surface area contributed by atoms with Crippen LogP contribution in [0.1, 0.15) is 75.9 Å². The van der Waals surface area contributed by atoms with E-state index in [0.717, 1.165) is 12.5 Å². The van der Waals surface area contributed by atoms with Crippen molar-refractivity contribution in [2.24, 2.45) is 29.6 Å². The predicted octanol–water partition coefficient (Wildman–Crippen LogP) is 5.28. The van der Waals surface area contributed by atoms with Crippen molar-refractivity contribution in [2.45, 2.75) is 96.9 Å². The molecule has 4 aromatic rings. The maximum Gasteiger partial charge on any atom is 0.302 e. The number of fused-ring (bicyclic) bond motifs is 7. The lowest BCUT2D eigenvalue weighted by Gasteiger charge is -2.38. The lowest BCUT2D eigenvalue weighted by atomic mass is 9.78. The zero-order chi connectivity index (χ0) is 51.1. The Hall–Kier alpha value is -5.70. The molecule has 18 nitrogen and oxygen atoms in total. The summed E-state index contributed by atoms with van der Waals surface area (Å²) in [6, 6.07) is 2.69. The molecule has 5 N–H and O–H groups in total. The SMILES string of the molecule is CO[C@H]1/C=C/O[C@@H](O)C2c3c(C)c(=O)c4c(O)c(c5oc6cc(OCCN(C)C)cc(S(C)(=O)=O)c6nc5c4c3C(=O)[C@@H]2C)NC(=O)/C(C)=C\C=C\[C@H](C)[C@H](O)[C@@H](C)[C@@H](O)[C@@H](C)[C@H](OC(C)=O)[C@@H]1C. The van der Waals surface area contributed by atoms with Gasteiger partial charge in [-0.15, -0.1) is 0 Å². The van der Waals surface area contributed by atoms with E-state index in [4.69, 9.17) is 28.3 Å². The average molecular weight is 978 g/mol. The molecular weight excluding hydrogens is 915 g/mol. The maximum atomic E-state index is 14.7. The molecule has 0 saturated heterocycles. The predicted molar refractivity (Wildman–Crippen MR) is 258 cm³/mol. The van der Waals surface area contributed by atoms with E-state index in [-0.39, 0.29) is 67.1 Å². The fourth-order valence-electron chi connectivity index (χ4n) is 9.46. The summed E-state index contributed by atoms with van der Waals surface area (Å²) in [5.74, 6) is -7.52. The van der Waals surface area contributed by atoms with Gasteiger partial charge in [0, 0.05) is 90.6 Å². The fourth-order valence-corrected chi connectivity index (χ4v) is 10.3. The summed E-state index contributed by atoms with van der Waals surface area (Å²) in [5, 5.41) is 49.1. The molecule has 3 bridgehead atoms. The number of phenolic OH excluding ortho intramolecular Hbond substituents is 1. The molecule has 6 rings (SSSR count). The van der Waals surface area contributed by atoms with Crippen molar-refractivity contribution in [3.05, 3.63) is 75.2 Å². The van der Waals surface area contributed by atoms with E-state index in [1.54, 1.807) is 33.8 Å². The Labute approximate surface area is 400 Å². The van der Waals surface area contributed by atoms with Crippen LogP contribution in [0.25, 0.3) is 33.0 Å². The summed E-state index contributed by atoms with van der Waals surface area (Å²) in [6.45, 7) is 13.1. The number of benzene rings is 3. The quantitative estimate of drug-likeness (QED) is 0.0682. The van der Waals surface area contributed by atoms with Crippen LogP contribution in [0, 0.1) is 36.5 Å². The maximum absolute atomic E-state index is 14.7. The van der Waals surface area contributed by atoms with Crippen LogP contribution in [0.2, 0.25) is 0 Å². The van der Waals surface area contributed by atoms with E-state index in [0.29, 0.717) is 6.54 Å². The average Bonchev–Trinajstić information content (AvgIpc) is 3.55. The van der Waals surface area contributed by atoms with Gasteiger partial charge in [-0.2, -0.15) is 0 Å². The van der Waals surface area contributed by atoms with E-state index in [9.17, 15) is 48.0 Å². The van der Waals surface area contributed by atoms with Gasteiger partial charge in [-0.25, -0.2) is 13.4 Å². The molecular formula is C50H63N3O15S. The molecule has 1 aliphatic carbocycles. The van der Waals surface area contributed by atoms with Crippen LogP contribution in [0.15, 0.2) is 62.4 Å². The van der Waals surface area contributed by atoms with Gasteiger partial charge in [-0.1, -0.05) is 52.8 Å². The molecule has 0 fully saturated rings. The van der Waals surface area contributed by atoms with Crippen LogP contribution in [0.4, 0.5) is 5.69 Å². The first-order valence-electron chi connectivity index (χ1n) is 22.7. The van der Waals surface area contributed by atoms with Gasteiger partial charge in [0.2, 0.25) is 6.29 Å². The first kappa shape index (κ1) is 52.7. The number of ether oxygens (including phenoxy) is 4. The van der Waals surface area contributed by atoms with Gasteiger partial charge < -0.3 is 54.0 Å². The number of aliphatic hydroxyl groups excluding tert-OH is 3. The number of aliphatic hydroxyl groups is 3. The number of sulfone groups is 1. The van der Waals surface area contributed by atoms with Crippen molar-refractivity contribution in [1.29, 1.82) is 0 Å². The minimum atomic E-state index is -4.08. The largest absolute Gasteiger partial charge is 0.505 e. The third-order valence-corrected chi connectivity index (χ3v) is 14.6. The first-order valence-corrected chi connectivity index (χ1v) is 24.6. The van der Waals surface area contributed by atoms with Crippen LogP contribution in [-0.2, 0) is 33.6 Å². The number of hydrogen-bond acceptors (Lipinski definition) is 17. The van der Waals surface area contributed by atoms with Gasteiger partial charge in [-0.05, 0) is 39.6 Å². The first-order chi connectivity index (χ1) is 32.3. The zero-order valence-electron chi connectivity index (χ0n) is 40.9. The standard InChI is InChI=1S/C50H63N3O15S/c1-22-14-13-15-23(2)49(60)52-41-46(59)38-36(40-48(41)68-32-20-30(65-19-17-53(9)10)21-33(39(32)51-40)69(12,62)63)37-34(25(4)45(38)58)35(26(5)44(37)57)50(61)66-18-16-31(64-11)24(3)47(67-29(8)54)28(7)43(56)27(6)42(22)55/h13-16,18,20-22,24,26-28,31,35,42-43,47,50,55-56,59,61H,17,19H2,1-12H3,(H,52,60)/b14-13+,18-16+,23-15-/t22-,24+,26+,27+,28+,31-,35?,42-,43+,47+,50+/m0/s1. The van der Waals surface area contributed by atoms with Crippen molar-refractivity contribution >= 4 is 66.2 Å². The topological polar surface area (TPSA) is 262 Å². The van der Waals surface area contributed by atoms with Gasteiger partial charge in [-0.3, -0.25) is 19.2 Å². The molecule has 0 saturated carbocycles. The molecule has 0 spiro atoms. The minimum absolute atomic E-state index is 0.0229. The number of anilines is 1. The van der Waals surface area contributed by atoms with Crippen molar-refractivity contribution < 1.29 is 66.6 Å². The molecule has 1 aromatic heterocycles. The van der Waals surface area contributed by atoms with Crippen LogP contribution in [0.5, 0.6) is 11.5 Å². The summed E-state index contributed by atoms with van der Waals surface area (Å²) in [5.41, 5.74) is -2.05. The zero-order valence-corrected chi connectivity index (χ0v) is 41.7. The number of carbonyl (C=O) groups is 3. The number of methoxy groups -OCH3 is 1. The number of aromatic hydroxyl groups is 1. The van der Waals surface area contributed by atoms with Crippen molar-refractivity contribution in [2.75, 3.05) is 45.9 Å². The monoisotopic (exact) mass is 977 g/mol. The number of carbonyl (C=O) groups excluding carboxylic acids is 3. The van der Waals surface area contributed by atoms with Gasteiger partial charge in [0.15, 0.2) is 38.0 Å². The highest BCUT2D eigenvalue weighted by Gasteiger charge is 2.46. The second-order valence-electron chi connectivity index (χ2n) is 18.7. The molecule has 0 radical (unpaired) electrons. The lowest BCUT2D eigenvalue weighted by Crippen LogP contribution is -2.46. The van der Waals surface area contributed by atoms with Gasteiger partial charge in [0.1, 0.15) is 35.2 Å². The number of allylic oxidation sites excluding steroid dienone is 2. The highest BCUT2D eigenvalue weighted by molar-refractivity contribution is 7.91. The third-order valence-electron chi connectivity index (χ3n) is 13.5. The number of aromatic nitrogens is 1. The van der Waals surface area contributed by atoms with Crippen LogP contribution >= 0.6 is 0 Å². The van der Waals surface area contributed by atoms with Gasteiger partial charge >= 0.3 is 5.97 Å². The van der Waals surface area contributed by atoms with E-state index >= 15 is 0 Å². The number of likely N-dealkylation sites (N-methyl/N-ethyl adjacent to an activating group) is 1. The molecule has 374 valence electrons. The van der Waals surface area contributed by atoms with Crippen molar-refractivity contribution in [3.63, 3.8) is 0 Å². The number of rotatable bonds is 7. The van der Waals surface area contributed by atoms with Gasteiger partial charge in [0.05, 0.1) is 40.8 Å². The van der Waals surface area contributed by atoms with E-state index in [1.165, 1.54) is 65.2 Å². The molecule has 11 atom stereocenters. The molecule has 1 amide bonds. The number of nitrogens with one attached hydrogen (secondary N) is 1. The Kier molecular flexibility index (Phi) is 15.8. The highest BCUT2D eigenvalue weighted by atomic mass is 32.2. The molecule has 3 aromatic carbocycles. The lowest BCUT2D eigenvalue weighted by molar-refractivity contribution is -0.160. The molecule has 19 heteroatoms. The minimum Gasteiger partial charge on any atom is -0.505 e. The van der Waals surface area contributed by atoms with Crippen LogP contribution in [-0.4, -0.2) is 128 Å².